The highest BCUT2D eigenvalue weighted by atomic mass is 16.7. The van der Waals surface area contributed by atoms with E-state index in [1.54, 1.807) is 0 Å². The highest BCUT2D eigenvalue weighted by Crippen LogP contribution is 2.23. The van der Waals surface area contributed by atoms with Gasteiger partial charge in [-0.2, -0.15) is 0 Å². The van der Waals surface area contributed by atoms with E-state index in [0.29, 0.717) is 13.0 Å². The molecule has 0 bridgehead atoms. The van der Waals surface area contributed by atoms with Crippen LogP contribution in [-0.4, -0.2) is 89.6 Å². The fourth-order valence-corrected chi connectivity index (χ4v) is 7.95. The Morgan fingerprint density at radius 2 is 0.949 bits per heavy atom. The van der Waals surface area contributed by atoms with Gasteiger partial charge in [-0.05, 0) is 32.1 Å². The fourth-order valence-electron chi connectivity index (χ4n) is 7.95. The van der Waals surface area contributed by atoms with Crippen LogP contribution in [0.5, 0.6) is 0 Å². The van der Waals surface area contributed by atoms with Gasteiger partial charge in [0, 0.05) is 13.0 Å². The van der Waals surface area contributed by atoms with Crippen LogP contribution in [0.1, 0.15) is 239 Å². The zero-order valence-electron chi connectivity index (χ0n) is 38.5. The van der Waals surface area contributed by atoms with Crippen molar-refractivity contribution in [1.82, 2.24) is 0 Å². The van der Waals surface area contributed by atoms with Crippen molar-refractivity contribution in [1.29, 1.82) is 0 Å². The molecule has 4 N–H and O–H groups in total. The third-order valence-electron chi connectivity index (χ3n) is 11.9. The standard InChI is InChI=1S/C50H96O9/c1-3-5-7-9-11-13-15-17-18-19-20-21-22-23-24-25-26-27-28-29-31-33-35-37-39-46(52)58-44(43-57-50-49(55)48(54)47(53)45(41-51)59-50)42-56-40-38-36-34-32-30-16-14-12-10-8-6-4-2/h10,12,44-45,47-51,53-55H,3-9,11,13-43H2,1-2H3/b12-10-. The van der Waals surface area contributed by atoms with Gasteiger partial charge in [0.2, 0.25) is 0 Å². The SMILES string of the molecule is CCCC/C=C\CCCCCCCCOCC(COC1OC(CO)C(O)C(O)C1O)OC(=O)CCCCCCCCCCCCCCCCCCCCCCCCCC. The molecular weight excluding hydrogens is 745 g/mol. The van der Waals surface area contributed by atoms with Gasteiger partial charge in [0.1, 0.15) is 30.5 Å². The Labute approximate surface area is 363 Å². The van der Waals surface area contributed by atoms with Crippen molar-refractivity contribution >= 4 is 5.97 Å². The molecule has 1 aliphatic rings. The lowest BCUT2D eigenvalue weighted by atomic mass is 9.99. The molecule has 59 heavy (non-hydrogen) atoms. The average Bonchev–Trinajstić information content (AvgIpc) is 3.24. The minimum atomic E-state index is -1.53. The fraction of sp³-hybridized carbons (Fsp3) is 0.940. The number of aliphatic hydroxyl groups excluding tert-OH is 4. The molecule has 350 valence electrons. The maximum atomic E-state index is 12.8. The average molecular weight is 841 g/mol. The highest BCUT2D eigenvalue weighted by Gasteiger charge is 2.44. The Hall–Kier alpha value is -1.07. The van der Waals surface area contributed by atoms with E-state index in [2.05, 4.69) is 26.0 Å². The molecule has 9 heteroatoms. The lowest BCUT2D eigenvalue weighted by Gasteiger charge is -2.39. The first-order valence-corrected chi connectivity index (χ1v) is 25.3. The number of carbonyl (C=O) groups is 1. The lowest BCUT2D eigenvalue weighted by molar-refractivity contribution is -0.305. The van der Waals surface area contributed by atoms with Crippen LogP contribution in [-0.2, 0) is 23.7 Å². The summed E-state index contributed by atoms with van der Waals surface area (Å²) in [5.41, 5.74) is 0. The topological polar surface area (TPSA) is 135 Å². The molecule has 1 saturated heterocycles. The molecule has 1 rings (SSSR count). The van der Waals surface area contributed by atoms with Gasteiger partial charge in [-0.1, -0.05) is 212 Å². The molecule has 1 aliphatic heterocycles. The molecule has 0 aromatic carbocycles. The van der Waals surface area contributed by atoms with Crippen LogP contribution >= 0.6 is 0 Å². The molecule has 0 aromatic rings. The van der Waals surface area contributed by atoms with Gasteiger partial charge in [-0.3, -0.25) is 4.79 Å². The van der Waals surface area contributed by atoms with Gasteiger partial charge in [-0.25, -0.2) is 0 Å². The molecule has 0 spiro atoms. The van der Waals surface area contributed by atoms with Crippen LogP contribution < -0.4 is 0 Å². The molecule has 0 amide bonds. The van der Waals surface area contributed by atoms with Crippen molar-refractivity contribution in [2.75, 3.05) is 26.4 Å². The van der Waals surface area contributed by atoms with E-state index in [-0.39, 0.29) is 19.2 Å². The number of aliphatic hydroxyl groups is 4. The summed E-state index contributed by atoms with van der Waals surface area (Å²) in [5, 5.41) is 40.2. The molecule has 9 nitrogen and oxygen atoms in total. The maximum Gasteiger partial charge on any atom is 0.306 e. The van der Waals surface area contributed by atoms with Gasteiger partial charge in [-0.15, -0.1) is 0 Å². The number of unbranched alkanes of at least 4 members (excludes halogenated alkanes) is 31. The molecular formula is C50H96O9. The van der Waals surface area contributed by atoms with E-state index in [0.717, 1.165) is 38.5 Å². The summed E-state index contributed by atoms with van der Waals surface area (Å²) >= 11 is 0. The zero-order valence-corrected chi connectivity index (χ0v) is 38.5. The number of carbonyl (C=O) groups excluding carboxylic acids is 1. The summed E-state index contributed by atoms with van der Waals surface area (Å²) in [5.74, 6) is -0.310. The first-order valence-electron chi connectivity index (χ1n) is 25.3. The van der Waals surface area contributed by atoms with Crippen LogP contribution in [0.15, 0.2) is 12.2 Å². The van der Waals surface area contributed by atoms with E-state index >= 15 is 0 Å². The third kappa shape index (κ3) is 33.2. The molecule has 0 aliphatic carbocycles. The number of rotatable bonds is 44. The number of hydrogen-bond donors (Lipinski definition) is 4. The second-order valence-electron chi connectivity index (χ2n) is 17.6. The Balaban J connectivity index is 2.14. The van der Waals surface area contributed by atoms with Crippen LogP contribution in [0.25, 0.3) is 0 Å². The largest absolute Gasteiger partial charge is 0.457 e. The molecule has 1 heterocycles. The summed E-state index contributed by atoms with van der Waals surface area (Å²) < 4.78 is 22.8. The van der Waals surface area contributed by atoms with Gasteiger partial charge in [0.05, 0.1) is 19.8 Å². The lowest BCUT2D eigenvalue weighted by Crippen LogP contribution is -2.59. The molecule has 0 radical (unpaired) electrons. The smallest absolute Gasteiger partial charge is 0.306 e. The number of allylic oxidation sites excluding steroid dienone is 2. The molecule has 6 unspecified atom stereocenters. The number of ether oxygens (including phenoxy) is 4. The van der Waals surface area contributed by atoms with Crippen molar-refractivity contribution in [2.45, 2.75) is 275 Å². The quantitative estimate of drug-likeness (QED) is 0.0269. The van der Waals surface area contributed by atoms with Crippen LogP contribution in [0.2, 0.25) is 0 Å². The summed E-state index contributed by atoms with van der Waals surface area (Å²) in [6.45, 7) is 4.56. The van der Waals surface area contributed by atoms with Gasteiger partial charge in [0.25, 0.3) is 0 Å². The summed E-state index contributed by atoms with van der Waals surface area (Å²) in [7, 11) is 0. The Morgan fingerprint density at radius 3 is 1.42 bits per heavy atom. The Bertz CT molecular complexity index is 915. The Kier molecular flexibility index (Phi) is 40.1. The van der Waals surface area contributed by atoms with Crippen molar-refractivity contribution in [3.8, 4) is 0 Å². The van der Waals surface area contributed by atoms with Crippen LogP contribution in [0, 0.1) is 0 Å². The van der Waals surface area contributed by atoms with Gasteiger partial charge < -0.3 is 39.4 Å². The highest BCUT2D eigenvalue weighted by molar-refractivity contribution is 5.69. The third-order valence-corrected chi connectivity index (χ3v) is 11.9. The first-order chi connectivity index (χ1) is 28.9. The zero-order chi connectivity index (χ0) is 42.9. The van der Waals surface area contributed by atoms with Crippen molar-refractivity contribution < 1.29 is 44.2 Å². The van der Waals surface area contributed by atoms with E-state index in [1.807, 2.05) is 0 Å². The predicted octanol–water partition coefficient (Wildman–Crippen LogP) is 12.0. The minimum absolute atomic E-state index is 0.110. The summed E-state index contributed by atoms with van der Waals surface area (Å²) in [4.78, 5) is 12.8. The van der Waals surface area contributed by atoms with Gasteiger partial charge in [0.15, 0.2) is 6.29 Å². The molecule has 1 fully saturated rings. The second-order valence-corrected chi connectivity index (χ2v) is 17.6. The van der Waals surface area contributed by atoms with Gasteiger partial charge >= 0.3 is 5.97 Å². The van der Waals surface area contributed by atoms with E-state index in [4.69, 9.17) is 18.9 Å². The van der Waals surface area contributed by atoms with Crippen LogP contribution in [0.3, 0.4) is 0 Å². The van der Waals surface area contributed by atoms with E-state index in [9.17, 15) is 25.2 Å². The number of hydrogen-bond acceptors (Lipinski definition) is 9. The van der Waals surface area contributed by atoms with Crippen LogP contribution in [0.4, 0.5) is 0 Å². The maximum absolute atomic E-state index is 12.8. The summed E-state index contributed by atoms with van der Waals surface area (Å²) in [6, 6.07) is 0. The molecule has 0 aromatic heterocycles. The molecule has 6 atom stereocenters. The monoisotopic (exact) mass is 841 g/mol. The summed E-state index contributed by atoms with van der Waals surface area (Å²) in [6.07, 6.45) is 41.1. The van der Waals surface area contributed by atoms with Crippen molar-refractivity contribution in [3.63, 3.8) is 0 Å². The normalized spacial score (nSPS) is 20.1. The predicted molar refractivity (Wildman–Crippen MR) is 243 cm³/mol. The first kappa shape index (κ1) is 55.9. The minimum Gasteiger partial charge on any atom is -0.457 e. The van der Waals surface area contributed by atoms with Crippen molar-refractivity contribution in [3.05, 3.63) is 12.2 Å². The Morgan fingerprint density at radius 1 is 0.525 bits per heavy atom. The van der Waals surface area contributed by atoms with E-state index < -0.39 is 43.4 Å². The van der Waals surface area contributed by atoms with Crippen molar-refractivity contribution in [2.24, 2.45) is 0 Å². The number of esters is 1. The second kappa shape index (κ2) is 42.2. The molecule has 0 saturated carbocycles. The van der Waals surface area contributed by atoms with E-state index in [1.165, 1.54) is 180 Å².